The van der Waals surface area contributed by atoms with Crippen molar-refractivity contribution in [3.8, 4) is 11.5 Å². The van der Waals surface area contributed by atoms with Gasteiger partial charge in [0.05, 0.1) is 20.3 Å². The highest BCUT2D eigenvalue weighted by atomic mass is 79.9. The van der Waals surface area contributed by atoms with Gasteiger partial charge in [0.25, 0.3) is 0 Å². The van der Waals surface area contributed by atoms with Crippen molar-refractivity contribution < 1.29 is 24.5 Å². The first kappa shape index (κ1) is 15.8. The summed E-state index contributed by atoms with van der Waals surface area (Å²) in [4.78, 5) is 10.4. The second-order valence-corrected chi connectivity index (χ2v) is 4.88. The summed E-state index contributed by atoms with van der Waals surface area (Å²) in [6, 6.07) is 3.41. The third kappa shape index (κ3) is 4.40. The average molecular weight is 333 g/mol. The lowest BCUT2D eigenvalue weighted by Gasteiger charge is -2.16. The summed E-state index contributed by atoms with van der Waals surface area (Å²) in [5.41, 5.74) is 0.656. The van der Waals surface area contributed by atoms with Crippen LogP contribution in [-0.4, -0.2) is 30.4 Å². The average Bonchev–Trinajstić information content (AvgIpc) is 2.37. The Bertz CT molecular complexity index is 447. The molecule has 0 unspecified atom stereocenters. The molecule has 1 aromatic carbocycles. The molecule has 0 spiro atoms. The molecular weight excluding hydrogens is 316 g/mol. The minimum absolute atomic E-state index is 0.0436. The van der Waals surface area contributed by atoms with Crippen molar-refractivity contribution in [2.45, 2.75) is 25.4 Å². The Hall–Kier alpha value is -1.27. The molecule has 2 N–H and O–H groups in total. The lowest BCUT2D eigenvalue weighted by molar-refractivity contribution is -0.137. The number of hydrogen-bond acceptors (Lipinski definition) is 4. The number of benzene rings is 1. The van der Waals surface area contributed by atoms with Crippen molar-refractivity contribution in [2.24, 2.45) is 0 Å². The molecule has 0 saturated heterocycles. The van der Waals surface area contributed by atoms with Gasteiger partial charge in [-0.05, 0) is 30.5 Å². The van der Waals surface area contributed by atoms with Crippen LogP contribution in [0.15, 0.2) is 16.6 Å². The maximum Gasteiger partial charge on any atom is 0.303 e. The Labute approximate surface area is 120 Å². The summed E-state index contributed by atoms with van der Waals surface area (Å²) >= 11 is 3.36. The number of carboxylic acid groups (broad SMARTS) is 1. The molecule has 0 bridgehead atoms. The Morgan fingerprint density at radius 2 is 1.89 bits per heavy atom. The number of aliphatic hydroxyl groups is 1. The first-order valence-electron chi connectivity index (χ1n) is 5.80. The van der Waals surface area contributed by atoms with E-state index in [-0.39, 0.29) is 6.42 Å². The molecular formula is C13H17BrO5. The van der Waals surface area contributed by atoms with E-state index in [9.17, 15) is 9.90 Å². The van der Waals surface area contributed by atoms with Crippen molar-refractivity contribution in [1.82, 2.24) is 0 Å². The van der Waals surface area contributed by atoms with Crippen LogP contribution in [0.1, 0.15) is 30.9 Å². The van der Waals surface area contributed by atoms with E-state index < -0.39 is 12.1 Å². The number of rotatable bonds is 7. The summed E-state index contributed by atoms with van der Waals surface area (Å²) in [5, 5.41) is 18.7. The van der Waals surface area contributed by atoms with E-state index >= 15 is 0 Å². The van der Waals surface area contributed by atoms with Crippen LogP contribution in [0.3, 0.4) is 0 Å². The number of methoxy groups -OCH3 is 2. The van der Waals surface area contributed by atoms with Crippen molar-refractivity contribution >= 4 is 21.9 Å². The first-order valence-corrected chi connectivity index (χ1v) is 6.60. The summed E-state index contributed by atoms with van der Waals surface area (Å²) < 4.78 is 11.0. The molecule has 0 fully saturated rings. The molecule has 0 amide bonds. The number of carboxylic acids is 1. The first-order chi connectivity index (χ1) is 8.99. The number of aliphatic carboxylic acids is 1. The zero-order chi connectivity index (χ0) is 14.4. The van der Waals surface area contributed by atoms with E-state index in [1.54, 1.807) is 12.1 Å². The summed E-state index contributed by atoms with van der Waals surface area (Å²) in [5.74, 6) is 0.229. The molecule has 1 aromatic rings. The van der Waals surface area contributed by atoms with Crippen LogP contribution in [0.4, 0.5) is 0 Å². The fraction of sp³-hybridized carbons (Fsp3) is 0.462. The van der Waals surface area contributed by atoms with Crippen LogP contribution in [0.5, 0.6) is 11.5 Å². The molecule has 0 radical (unpaired) electrons. The topological polar surface area (TPSA) is 76.0 Å². The van der Waals surface area contributed by atoms with Gasteiger partial charge in [0.15, 0.2) is 11.5 Å². The minimum atomic E-state index is -0.862. The van der Waals surface area contributed by atoms with Gasteiger partial charge < -0.3 is 19.7 Å². The highest BCUT2D eigenvalue weighted by Crippen LogP contribution is 2.37. The predicted octanol–water partition coefficient (Wildman–Crippen LogP) is 2.75. The van der Waals surface area contributed by atoms with Crippen LogP contribution in [-0.2, 0) is 4.79 Å². The van der Waals surface area contributed by atoms with Gasteiger partial charge in [-0.3, -0.25) is 4.79 Å². The summed E-state index contributed by atoms with van der Waals surface area (Å²) in [6.45, 7) is 0. The molecule has 1 rings (SSSR count). The van der Waals surface area contributed by atoms with Gasteiger partial charge in [0.1, 0.15) is 0 Å². The summed E-state index contributed by atoms with van der Waals surface area (Å²) in [7, 11) is 3.06. The molecule has 1 atom stereocenters. The number of carbonyl (C=O) groups is 1. The number of aliphatic hydroxyl groups excluding tert-OH is 1. The van der Waals surface area contributed by atoms with Gasteiger partial charge in [-0.25, -0.2) is 0 Å². The lowest BCUT2D eigenvalue weighted by Crippen LogP contribution is -2.02. The largest absolute Gasteiger partial charge is 0.493 e. The third-order valence-electron chi connectivity index (χ3n) is 2.73. The monoisotopic (exact) mass is 332 g/mol. The van der Waals surface area contributed by atoms with Crippen LogP contribution < -0.4 is 9.47 Å². The molecule has 6 heteroatoms. The number of hydrogen-bond donors (Lipinski definition) is 2. The summed E-state index contributed by atoms with van der Waals surface area (Å²) in [6.07, 6.45) is 0.0909. The van der Waals surface area contributed by atoms with Crippen LogP contribution in [0.2, 0.25) is 0 Å². The zero-order valence-corrected chi connectivity index (χ0v) is 12.4. The molecule has 0 aromatic heterocycles. The Balaban J connectivity index is 2.84. The Morgan fingerprint density at radius 1 is 1.32 bits per heavy atom. The Kier molecular flexibility index (Phi) is 6.11. The maximum absolute atomic E-state index is 10.4. The third-order valence-corrected chi connectivity index (χ3v) is 3.42. The molecule has 106 valence electrons. The Morgan fingerprint density at radius 3 is 2.42 bits per heavy atom. The van der Waals surface area contributed by atoms with E-state index in [1.807, 2.05) is 0 Å². The fourth-order valence-electron chi connectivity index (χ4n) is 1.73. The van der Waals surface area contributed by atoms with Crippen LogP contribution in [0, 0.1) is 0 Å². The molecule has 0 saturated carbocycles. The molecule has 0 aliphatic carbocycles. The van der Waals surface area contributed by atoms with E-state index in [0.717, 1.165) is 0 Å². The second-order valence-electron chi connectivity index (χ2n) is 4.03. The van der Waals surface area contributed by atoms with Crippen LogP contribution >= 0.6 is 15.9 Å². The minimum Gasteiger partial charge on any atom is -0.493 e. The molecule has 0 aliphatic rings. The van der Waals surface area contributed by atoms with Gasteiger partial charge in [-0.2, -0.15) is 0 Å². The lowest BCUT2D eigenvalue weighted by atomic mass is 10.0. The maximum atomic E-state index is 10.4. The van der Waals surface area contributed by atoms with Gasteiger partial charge in [0, 0.05) is 10.9 Å². The second kappa shape index (κ2) is 7.35. The van der Waals surface area contributed by atoms with Crippen LogP contribution in [0.25, 0.3) is 0 Å². The van der Waals surface area contributed by atoms with Gasteiger partial charge >= 0.3 is 5.97 Å². The van der Waals surface area contributed by atoms with Crippen molar-refractivity contribution in [2.75, 3.05) is 14.2 Å². The zero-order valence-electron chi connectivity index (χ0n) is 10.9. The van der Waals surface area contributed by atoms with Crippen molar-refractivity contribution in [1.29, 1.82) is 0 Å². The molecule has 19 heavy (non-hydrogen) atoms. The van der Waals surface area contributed by atoms with E-state index in [0.29, 0.717) is 34.4 Å². The predicted molar refractivity (Wildman–Crippen MR) is 73.7 cm³/mol. The van der Waals surface area contributed by atoms with Crippen molar-refractivity contribution in [3.63, 3.8) is 0 Å². The van der Waals surface area contributed by atoms with E-state index in [1.165, 1.54) is 14.2 Å². The molecule has 0 heterocycles. The van der Waals surface area contributed by atoms with Gasteiger partial charge in [-0.15, -0.1) is 0 Å². The van der Waals surface area contributed by atoms with E-state index in [4.69, 9.17) is 14.6 Å². The smallest absolute Gasteiger partial charge is 0.303 e. The molecule has 5 nitrogen and oxygen atoms in total. The standard InChI is InChI=1S/C13H17BrO5/c1-18-11-6-8(9(14)7-12(11)19-2)10(15)4-3-5-13(16)17/h6-7,10,15H,3-5H2,1-2H3,(H,16,17)/t10-/m1/s1. The van der Waals surface area contributed by atoms with Gasteiger partial charge in [-0.1, -0.05) is 15.9 Å². The van der Waals surface area contributed by atoms with Gasteiger partial charge in [0.2, 0.25) is 0 Å². The SMILES string of the molecule is COc1cc(Br)c([C@H](O)CCCC(=O)O)cc1OC. The number of halogens is 1. The molecule has 0 aliphatic heterocycles. The van der Waals surface area contributed by atoms with Crippen molar-refractivity contribution in [3.05, 3.63) is 22.2 Å². The highest BCUT2D eigenvalue weighted by molar-refractivity contribution is 9.10. The van der Waals surface area contributed by atoms with E-state index in [2.05, 4.69) is 15.9 Å². The quantitative estimate of drug-likeness (QED) is 0.802. The normalized spacial score (nSPS) is 12.0. The highest BCUT2D eigenvalue weighted by Gasteiger charge is 2.16. The number of ether oxygens (including phenoxy) is 2. The fourth-order valence-corrected chi connectivity index (χ4v) is 2.31.